The summed E-state index contributed by atoms with van der Waals surface area (Å²) in [5.41, 5.74) is -0.264. The third-order valence-corrected chi connectivity index (χ3v) is 1.13. The summed E-state index contributed by atoms with van der Waals surface area (Å²) >= 11 is 5.48. The van der Waals surface area contributed by atoms with Crippen LogP contribution in [-0.2, 0) is 0 Å². The number of nitrogens with zero attached hydrogens (tertiary/aromatic N) is 1. The highest BCUT2D eigenvalue weighted by Gasteiger charge is 1.88. The number of aromatic nitrogens is 1. The van der Waals surface area contributed by atoms with Crippen molar-refractivity contribution in [3.63, 3.8) is 0 Å². The molecule has 0 aliphatic rings. The molecule has 0 amide bonds. The van der Waals surface area contributed by atoms with Gasteiger partial charge in [-0.05, 0) is 6.07 Å². The summed E-state index contributed by atoms with van der Waals surface area (Å²) in [6.07, 6.45) is 1.35. The van der Waals surface area contributed by atoms with Crippen LogP contribution < -0.4 is 11.4 Å². The van der Waals surface area contributed by atoms with Crippen LogP contribution in [0.25, 0.3) is 0 Å². The molecule has 0 aliphatic carbocycles. The zero-order chi connectivity index (χ0) is 6.85. The Labute approximate surface area is 56.6 Å². The topological polar surface area (TPSA) is 48.0 Å². The fourth-order valence-electron chi connectivity index (χ4n) is 0.476. The summed E-state index contributed by atoms with van der Waals surface area (Å²) in [6, 6.07) is 2.80. The van der Waals surface area contributed by atoms with Crippen molar-refractivity contribution in [1.29, 1.82) is 0 Å². The molecule has 0 atom stereocenters. The van der Waals surface area contributed by atoms with Crippen LogP contribution in [0.5, 0.6) is 0 Å². The maximum Gasteiger partial charge on any atom is 0.268 e. The molecule has 2 N–H and O–H groups in total. The van der Waals surface area contributed by atoms with E-state index < -0.39 is 0 Å². The Morgan fingerprint density at radius 3 is 2.67 bits per heavy atom. The first-order valence-electron chi connectivity index (χ1n) is 2.33. The lowest BCUT2D eigenvalue weighted by Gasteiger charge is -1.93. The average Bonchev–Trinajstić information content (AvgIpc) is 1.80. The summed E-state index contributed by atoms with van der Waals surface area (Å²) < 4.78 is 0.933. The third-order valence-electron chi connectivity index (χ3n) is 0.902. The van der Waals surface area contributed by atoms with Crippen LogP contribution in [0.2, 0.25) is 5.02 Å². The number of rotatable bonds is 0. The van der Waals surface area contributed by atoms with Crippen molar-refractivity contribution < 1.29 is 0 Å². The van der Waals surface area contributed by atoms with Crippen molar-refractivity contribution in [1.82, 2.24) is 4.68 Å². The quantitative estimate of drug-likeness (QED) is 0.530. The fourth-order valence-corrected chi connectivity index (χ4v) is 0.645. The van der Waals surface area contributed by atoms with Crippen LogP contribution in [-0.4, -0.2) is 4.68 Å². The van der Waals surface area contributed by atoms with Gasteiger partial charge in [-0.25, -0.2) is 4.68 Å². The Kier molecular flexibility index (Phi) is 1.44. The minimum absolute atomic E-state index is 0.264. The molecule has 0 radical (unpaired) electrons. The van der Waals surface area contributed by atoms with Crippen molar-refractivity contribution in [3.8, 4) is 0 Å². The lowest BCUT2D eigenvalue weighted by atomic mass is 10.5. The van der Waals surface area contributed by atoms with Crippen molar-refractivity contribution in [2.45, 2.75) is 0 Å². The zero-order valence-electron chi connectivity index (χ0n) is 4.54. The van der Waals surface area contributed by atoms with E-state index in [4.69, 9.17) is 17.4 Å². The Balaban J connectivity index is 3.34. The maximum absolute atomic E-state index is 10.6. The molecule has 0 unspecified atom stereocenters. The van der Waals surface area contributed by atoms with E-state index >= 15 is 0 Å². The molecule has 0 spiro atoms. The SMILES string of the molecule is Nn1cc(Cl)ccc1=O. The van der Waals surface area contributed by atoms with E-state index in [0.717, 1.165) is 4.68 Å². The number of halogens is 1. The van der Waals surface area contributed by atoms with Crippen LogP contribution in [0.4, 0.5) is 0 Å². The molecule has 1 heterocycles. The van der Waals surface area contributed by atoms with Gasteiger partial charge in [-0.15, -0.1) is 0 Å². The Hall–Kier alpha value is -0.960. The first kappa shape index (κ1) is 6.16. The number of nitrogens with two attached hydrogens (primary N) is 1. The van der Waals surface area contributed by atoms with E-state index in [-0.39, 0.29) is 5.56 Å². The molecule has 0 aromatic carbocycles. The molecule has 0 bridgehead atoms. The number of hydrogen-bond donors (Lipinski definition) is 1. The Bertz CT molecular complexity index is 268. The normalized spacial score (nSPS) is 9.44. The fraction of sp³-hybridized carbons (Fsp3) is 0. The molecule has 48 valence electrons. The molecule has 0 fully saturated rings. The van der Waals surface area contributed by atoms with Crippen LogP contribution >= 0.6 is 11.6 Å². The van der Waals surface area contributed by atoms with Crippen molar-refractivity contribution >= 4 is 11.6 Å². The summed E-state index contributed by atoms with van der Waals surface area (Å²) in [5, 5.41) is 0.456. The summed E-state index contributed by atoms with van der Waals surface area (Å²) in [7, 11) is 0. The Morgan fingerprint density at radius 2 is 2.22 bits per heavy atom. The molecule has 1 aromatic heterocycles. The van der Waals surface area contributed by atoms with Crippen LogP contribution in [0.15, 0.2) is 23.1 Å². The first-order valence-corrected chi connectivity index (χ1v) is 2.71. The van der Waals surface area contributed by atoms with Gasteiger partial charge in [-0.3, -0.25) is 4.79 Å². The van der Waals surface area contributed by atoms with Crippen molar-refractivity contribution in [2.24, 2.45) is 0 Å². The van der Waals surface area contributed by atoms with Gasteiger partial charge in [0.1, 0.15) is 0 Å². The monoisotopic (exact) mass is 144 g/mol. The first-order chi connectivity index (χ1) is 4.20. The third kappa shape index (κ3) is 1.23. The molecule has 1 rings (SSSR count). The molecule has 0 saturated heterocycles. The highest BCUT2D eigenvalue weighted by molar-refractivity contribution is 6.30. The standard InChI is InChI=1S/C5H5ClN2O/c6-4-1-2-5(9)8(7)3-4/h1-3H,7H2. The van der Waals surface area contributed by atoms with Crippen molar-refractivity contribution in [2.75, 3.05) is 5.84 Å². The second-order valence-corrected chi connectivity index (χ2v) is 2.03. The van der Waals surface area contributed by atoms with Gasteiger partial charge in [0, 0.05) is 12.3 Å². The van der Waals surface area contributed by atoms with E-state index in [2.05, 4.69) is 0 Å². The van der Waals surface area contributed by atoms with Gasteiger partial charge in [0.2, 0.25) is 0 Å². The van der Waals surface area contributed by atoms with E-state index in [1.54, 1.807) is 0 Å². The minimum atomic E-state index is -0.264. The lowest BCUT2D eigenvalue weighted by Crippen LogP contribution is -2.24. The molecular weight excluding hydrogens is 140 g/mol. The largest absolute Gasteiger partial charge is 0.336 e. The van der Waals surface area contributed by atoms with E-state index in [0.29, 0.717) is 5.02 Å². The second kappa shape index (κ2) is 2.11. The Morgan fingerprint density at radius 1 is 1.56 bits per heavy atom. The van der Waals surface area contributed by atoms with Crippen LogP contribution in [0, 0.1) is 0 Å². The minimum Gasteiger partial charge on any atom is -0.336 e. The summed E-state index contributed by atoms with van der Waals surface area (Å²) in [6.45, 7) is 0. The van der Waals surface area contributed by atoms with Crippen LogP contribution in [0.1, 0.15) is 0 Å². The number of hydrogen-bond acceptors (Lipinski definition) is 2. The van der Waals surface area contributed by atoms with Gasteiger partial charge < -0.3 is 5.84 Å². The highest BCUT2D eigenvalue weighted by atomic mass is 35.5. The molecule has 4 heteroatoms. The van der Waals surface area contributed by atoms with E-state index in [1.807, 2.05) is 0 Å². The smallest absolute Gasteiger partial charge is 0.268 e. The molecular formula is C5H5ClN2O. The molecule has 3 nitrogen and oxygen atoms in total. The van der Waals surface area contributed by atoms with Gasteiger partial charge in [0.05, 0.1) is 5.02 Å². The highest BCUT2D eigenvalue weighted by Crippen LogP contribution is 2.00. The summed E-state index contributed by atoms with van der Waals surface area (Å²) in [5.74, 6) is 5.14. The number of nitrogen functional groups attached to an aromatic ring is 1. The van der Waals surface area contributed by atoms with Crippen molar-refractivity contribution in [3.05, 3.63) is 33.7 Å². The van der Waals surface area contributed by atoms with Gasteiger partial charge in [-0.2, -0.15) is 0 Å². The maximum atomic E-state index is 10.6. The zero-order valence-corrected chi connectivity index (χ0v) is 5.30. The molecule has 0 saturated carbocycles. The summed E-state index contributed by atoms with van der Waals surface area (Å²) in [4.78, 5) is 10.6. The molecule has 9 heavy (non-hydrogen) atoms. The van der Waals surface area contributed by atoms with E-state index in [1.165, 1.54) is 18.3 Å². The van der Waals surface area contributed by atoms with Gasteiger partial charge in [-0.1, -0.05) is 11.6 Å². The predicted octanol–water partition coefficient (Wildman–Crippen LogP) is 0.215. The number of pyridine rings is 1. The van der Waals surface area contributed by atoms with Gasteiger partial charge in [0.25, 0.3) is 5.56 Å². The molecule has 1 aromatic rings. The lowest BCUT2D eigenvalue weighted by molar-refractivity contribution is 0.937. The van der Waals surface area contributed by atoms with E-state index in [9.17, 15) is 4.79 Å². The predicted molar refractivity (Wildman–Crippen MR) is 35.9 cm³/mol. The van der Waals surface area contributed by atoms with Crippen LogP contribution in [0.3, 0.4) is 0 Å². The average molecular weight is 145 g/mol. The van der Waals surface area contributed by atoms with Gasteiger partial charge >= 0.3 is 0 Å². The van der Waals surface area contributed by atoms with Gasteiger partial charge in [0.15, 0.2) is 0 Å². The second-order valence-electron chi connectivity index (χ2n) is 1.59. The molecule has 0 aliphatic heterocycles.